The first kappa shape index (κ1) is 10.1. The van der Waals surface area contributed by atoms with Crippen LogP contribution in [0.3, 0.4) is 0 Å². The summed E-state index contributed by atoms with van der Waals surface area (Å²) in [5.74, 6) is 0.613. The maximum Gasteiger partial charge on any atom is 0.186 e. The average Bonchev–Trinajstić information content (AvgIpc) is 1.87. The van der Waals surface area contributed by atoms with Gasteiger partial charge in [-0.25, -0.2) is 0 Å². The van der Waals surface area contributed by atoms with Gasteiger partial charge >= 0.3 is 0 Å². The van der Waals surface area contributed by atoms with Crippen LogP contribution in [-0.4, -0.2) is 22.0 Å². The number of hydrogen-bond acceptors (Lipinski definition) is 2. The minimum atomic E-state index is -1.34. The van der Waals surface area contributed by atoms with E-state index in [9.17, 15) is 0 Å². The summed E-state index contributed by atoms with van der Waals surface area (Å²) < 4.78 is 5.39. The lowest BCUT2D eigenvalue weighted by Gasteiger charge is -2.22. The van der Waals surface area contributed by atoms with Gasteiger partial charge < -0.3 is 10.2 Å². The minimum Gasteiger partial charge on any atom is -0.420 e. The molecule has 0 aromatic carbocycles. The summed E-state index contributed by atoms with van der Waals surface area (Å²) >= 11 is 0. The van der Waals surface area contributed by atoms with Crippen molar-refractivity contribution in [3.8, 4) is 0 Å². The molecule has 0 amide bonds. The molecule has 62 valence electrons. The van der Waals surface area contributed by atoms with Crippen LogP contribution in [0.4, 0.5) is 0 Å². The van der Waals surface area contributed by atoms with Gasteiger partial charge in [0, 0.05) is 7.11 Å². The quantitative estimate of drug-likeness (QED) is 0.633. The molecule has 0 bridgehead atoms. The molecule has 0 aliphatic heterocycles. The van der Waals surface area contributed by atoms with Crippen LogP contribution in [-0.2, 0) is 4.43 Å². The van der Waals surface area contributed by atoms with E-state index in [1.54, 1.807) is 7.11 Å². The highest BCUT2D eigenvalue weighted by Gasteiger charge is 2.22. The van der Waals surface area contributed by atoms with E-state index >= 15 is 0 Å². The highest BCUT2D eigenvalue weighted by Crippen LogP contribution is 2.15. The standard InChI is InChI=1S/C7H19NOSi/c1-7(5-8)6-10(3,4)9-2/h7H,5-6,8H2,1-4H3. The SMILES string of the molecule is CO[Si](C)(C)CC(C)CN. The largest absolute Gasteiger partial charge is 0.420 e. The Balaban J connectivity index is 3.64. The van der Waals surface area contributed by atoms with Gasteiger partial charge in [-0.05, 0) is 31.6 Å². The lowest BCUT2D eigenvalue weighted by molar-refractivity contribution is 0.394. The van der Waals surface area contributed by atoms with E-state index in [1.165, 1.54) is 6.04 Å². The Morgan fingerprint density at radius 2 is 2.00 bits per heavy atom. The van der Waals surface area contributed by atoms with E-state index in [2.05, 4.69) is 20.0 Å². The van der Waals surface area contributed by atoms with E-state index in [0.717, 1.165) is 6.54 Å². The van der Waals surface area contributed by atoms with Crippen molar-refractivity contribution in [2.45, 2.75) is 26.1 Å². The van der Waals surface area contributed by atoms with E-state index < -0.39 is 8.32 Å². The summed E-state index contributed by atoms with van der Waals surface area (Å²) in [4.78, 5) is 0. The maximum atomic E-state index is 5.50. The molecule has 1 unspecified atom stereocenters. The monoisotopic (exact) mass is 161 g/mol. The van der Waals surface area contributed by atoms with Gasteiger partial charge in [-0.2, -0.15) is 0 Å². The van der Waals surface area contributed by atoms with Crippen LogP contribution in [0.25, 0.3) is 0 Å². The van der Waals surface area contributed by atoms with Crippen LogP contribution in [0.5, 0.6) is 0 Å². The normalized spacial score (nSPS) is 15.3. The third-order valence-electron chi connectivity index (χ3n) is 1.79. The second-order valence-electron chi connectivity index (χ2n) is 3.51. The molecule has 0 saturated carbocycles. The summed E-state index contributed by atoms with van der Waals surface area (Å²) in [7, 11) is 0.460. The molecule has 2 N–H and O–H groups in total. The predicted molar refractivity (Wildman–Crippen MR) is 47.5 cm³/mol. The van der Waals surface area contributed by atoms with E-state index in [-0.39, 0.29) is 0 Å². The Labute approximate surface area is 64.9 Å². The van der Waals surface area contributed by atoms with Gasteiger partial charge in [0.2, 0.25) is 0 Å². The van der Waals surface area contributed by atoms with Crippen LogP contribution < -0.4 is 5.73 Å². The molecular formula is C7H19NOSi. The van der Waals surface area contributed by atoms with Crippen molar-refractivity contribution in [2.24, 2.45) is 11.7 Å². The van der Waals surface area contributed by atoms with Gasteiger partial charge in [-0.3, -0.25) is 0 Å². The number of nitrogens with two attached hydrogens (primary N) is 1. The van der Waals surface area contributed by atoms with Crippen molar-refractivity contribution < 1.29 is 4.43 Å². The molecule has 0 spiro atoms. The van der Waals surface area contributed by atoms with Crippen molar-refractivity contribution in [3.63, 3.8) is 0 Å². The van der Waals surface area contributed by atoms with Crippen LogP contribution >= 0.6 is 0 Å². The molecule has 1 atom stereocenters. The zero-order valence-electron chi connectivity index (χ0n) is 7.48. The van der Waals surface area contributed by atoms with E-state index in [4.69, 9.17) is 10.2 Å². The summed E-state index contributed by atoms with van der Waals surface area (Å²) in [6.07, 6.45) is 0. The van der Waals surface area contributed by atoms with Crippen molar-refractivity contribution in [3.05, 3.63) is 0 Å². The Kier molecular flexibility index (Phi) is 4.16. The first-order valence-electron chi connectivity index (χ1n) is 3.77. The molecular weight excluding hydrogens is 142 g/mol. The van der Waals surface area contributed by atoms with Crippen LogP contribution in [0, 0.1) is 5.92 Å². The van der Waals surface area contributed by atoms with Crippen molar-refractivity contribution in [1.82, 2.24) is 0 Å². The zero-order chi connectivity index (χ0) is 8.20. The molecule has 0 aromatic rings. The zero-order valence-corrected chi connectivity index (χ0v) is 8.48. The smallest absolute Gasteiger partial charge is 0.186 e. The molecule has 0 heterocycles. The number of rotatable bonds is 4. The summed E-state index contributed by atoms with van der Waals surface area (Å²) in [6, 6.07) is 1.17. The highest BCUT2D eigenvalue weighted by molar-refractivity contribution is 6.71. The highest BCUT2D eigenvalue weighted by atomic mass is 28.4. The second-order valence-corrected chi connectivity index (χ2v) is 7.84. The fourth-order valence-corrected chi connectivity index (χ4v) is 3.02. The first-order chi connectivity index (χ1) is 4.52. The molecule has 0 aliphatic rings. The summed E-state index contributed by atoms with van der Waals surface area (Å²) in [6.45, 7) is 7.39. The fourth-order valence-electron chi connectivity index (χ4n) is 1.01. The van der Waals surface area contributed by atoms with Crippen LogP contribution in [0.2, 0.25) is 19.1 Å². The second kappa shape index (κ2) is 4.11. The molecule has 3 heteroatoms. The Morgan fingerprint density at radius 1 is 1.50 bits per heavy atom. The third kappa shape index (κ3) is 4.03. The molecule has 10 heavy (non-hydrogen) atoms. The molecule has 0 fully saturated rings. The minimum absolute atomic E-state index is 0.613. The average molecular weight is 161 g/mol. The molecule has 0 saturated heterocycles. The lowest BCUT2D eigenvalue weighted by atomic mass is 10.2. The van der Waals surface area contributed by atoms with E-state index in [1.807, 2.05) is 0 Å². The number of hydrogen-bond donors (Lipinski definition) is 1. The van der Waals surface area contributed by atoms with Gasteiger partial charge in [0.05, 0.1) is 0 Å². The van der Waals surface area contributed by atoms with Crippen LogP contribution in [0.1, 0.15) is 6.92 Å². The molecule has 0 aromatic heterocycles. The van der Waals surface area contributed by atoms with Gasteiger partial charge in [0.15, 0.2) is 8.32 Å². The maximum absolute atomic E-state index is 5.50. The first-order valence-corrected chi connectivity index (χ1v) is 6.88. The molecule has 2 nitrogen and oxygen atoms in total. The van der Waals surface area contributed by atoms with Gasteiger partial charge in [0.1, 0.15) is 0 Å². The van der Waals surface area contributed by atoms with Gasteiger partial charge in [0.25, 0.3) is 0 Å². The van der Waals surface area contributed by atoms with E-state index in [0.29, 0.717) is 5.92 Å². The summed E-state index contributed by atoms with van der Waals surface area (Å²) in [5.41, 5.74) is 5.50. The van der Waals surface area contributed by atoms with Crippen LogP contribution in [0.15, 0.2) is 0 Å². The third-order valence-corrected chi connectivity index (χ3v) is 4.58. The fraction of sp³-hybridized carbons (Fsp3) is 1.00. The predicted octanol–water partition coefficient (Wildman–Crippen LogP) is 1.43. The molecule has 0 radical (unpaired) electrons. The van der Waals surface area contributed by atoms with Crippen molar-refractivity contribution in [1.29, 1.82) is 0 Å². The van der Waals surface area contributed by atoms with Crippen molar-refractivity contribution in [2.75, 3.05) is 13.7 Å². The lowest BCUT2D eigenvalue weighted by Crippen LogP contribution is -2.32. The topological polar surface area (TPSA) is 35.2 Å². The molecule has 0 aliphatic carbocycles. The Hall–Kier alpha value is 0.137. The van der Waals surface area contributed by atoms with Crippen molar-refractivity contribution >= 4 is 8.32 Å². The van der Waals surface area contributed by atoms with Gasteiger partial charge in [-0.15, -0.1) is 0 Å². The van der Waals surface area contributed by atoms with Gasteiger partial charge in [-0.1, -0.05) is 6.92 Å². The molecule has 0 rings (SSSR count). The Morgan fingerprint density at radius 3 is 2.30 bits per heavy atom. The Bertz CT molecular complexity index is 95.6. The summed E-state index contributed by atoms with van der Waals surface area (Å²) in [5, 5.41) is 0.